The molecule has 0 saturated carbocycles. The van der Waals surface area contributed by atoms with Crippen LogP contribution in [-0.4, -0.2) is 44.9 Å². The highest BCUT2D eigenvalue weighted by Crippen LogP contribution is 2.42. The van der Waals surface area contributed by atoms with Crippen molar-refractivity contribution in [2.24, 2.45) is 0 Å². The second-order valence-electron chi connectivity index (χ2n) is 29.7. The number of hydrogen-bond acceptors (Lipinski definition) is 9. The van der Waals surface area contributed by atoms with Gasteiger partial charge in [0.05, 0.1) is 68.3 Å². The van der Waals surface area contributed by atoms with E-state index in [2.05, 4.69) is 328 Å². The maximum Gasteiger partial charge on any atom is 0.160 e. The van der Waals surface area contributed by atoms with E-state index in [0.29, 0.717) is 17.5 Å². The first-order valence-electron chi connectivity index (χ1n) is 40.2. The Bertz CT molecular complexity index is 6100. The molecule has 0 radical (unpaired) electrons. The van der Waals surface area contributed by atoms with Crippen molar-refractivity contribution < 1.29 is 0 Å². The van der Waals surface area contributed by atoms with E-state index in [1.54, 1.807) is 0 Å². The van der Waals surface area contributed by atoms with E-state index < -0.39 is 0 Å². The number of pyridine rings is 3. The Morgan fingerprint density at radius 1 is 0.0833 bits per heavy atom. The molecule has 14 aromatic carbocycles. The second kappa shape index (κ2) is 32.9. The average molecular weight is 1530 g/mol. The predicted octanol–water partition coefficient (Wildman–Crippen LogP) is 27.9. The largest absolute Gasteiger partial charge is 0.248 e. The zero-order valence-corrected chi connectivity index (χ0v) is 65.2. The zero-order valence-electron chi connectivity index (χ0n) is 65.2. The summed E-state index contributed by atoms with van der Waals surface area (Å²) >= 11 is 0. The third-order valence-electron chi connectivity index (χ3n) is 21.7. The molecule has 6 aromatic heterocycles. The van der Waals surface area contributed by atoms with Crippen LogP contribution in [0.25, 0.3) is 214 Å². The van der Waals surface area contributed by atoms with Crippen LogP contribution in [-0.2, 0) is 0 Å². The van der Waals surface area contributed by atoms with E-state index in [-0.39, 0.29) is 0 Å². The Labute approximate surface area is 696 Å². The van der Waals surface area contributed by atoms with E-state index in [1.165, 1.54) is 0 Å². The minimum Gasteiger partial charge on any atom is -0.248 e. The standard InChI is InChI=1S/C111H73N9/c1-11-31-74(32-12-1)88-65-97(79-35-15-3-16-36-79)112-100(68-88)91-59-92(61-93(60-91)108-73-106(85-47-27-9-28-48-85)115-109(120-108)87-49-29-10-30-50-87)101-70-90(67-99(113-101)81-39-19-5-20-40-81)78-53-51-76(52-54-78)77-55-57-86(58-56-77)107-72-105(84-45-25-8-26-46-84)118-111(119-107)96-63-94(102-69-89(75-33-13-2-14-34-75)66-98(114-102)80-37-17-4-18-38-80)62-95(64-96)110-116-103(82-41-21-6-22-42-82)71-104(117-110)83-43-23-7-24-44-83/h1-73H. The lowest BCUT2D eigenvalue weighted by molar-refractivity contribution is 1.17. The summed E-state index contributed by atoms with van der Waals surface area (Å²) in [6.45, 7) is 0. The first-order chi connectivity index (χ1) is 59.4. The van der Waals surface area contributed by atoms with Gasteiger partial charge in [-0.15, -0.1) is 0 Å². The summed E-state index contributed by atoms with van der Waals surface area (Å²) in [5, 5.41) is 0. The average Bonchev–Trinajstić information content (AvgIpc) is 0.775. The van der Waals surface area contributed by atoms with Gasteiger partial charge in [-0.25, -0.2) is 44.9 Å². The van der Waals surface area contributed by atoms with Crippen LogP contribution >= 0.6 is 0 Å². The molecule has 120 heavy (non-hydrogen) atoms. The van der Waals surface area contributed by atoms with Crippen molar-refractivity contribution in [3.8, 4) is 214 Å². The van der Waals surface area contributed by atoms with Gasteiger partial charge in [-0.3, -0.25) is 0 Å². The highest BCUT2D eigenvalue weighted by atomic mass is 14.9. The van der Waals surface area contributed by atoms with Gasteiger partial charge in [0.25, 0.3) is 0 Å². The molecule has 0 unspecified atom stereocenters. The van der Waals surface area contributed by atoms with Gasteiger partial charge in [-0.1, -0.05) is 352 Å². The predicted molar refractivity (Wildman–Crippen MR) is 490 cm³/mol. The van der Waals surface area contributed by atoms with Crippen LogP contribution in [0, 0.1) is 0 Å². The van der Waals surface area contributed by atoms with Crippen LogP contribution in [0.4, 0.5) is 0 Å². The van der Waals surface area contributed by atoms with Gasteiger partial charge in [-0.2, -0.15) is 0 Å². The molecule has 0 N–H and O–H groups in total. The van der Waals surface area contributed by atoms with Crippen LogP contribution < -0.4 is 0 Å². The Morgan fingerprint density at radius 3 is 0.467 bits per heavy atom. The Morgan fingerprint density at radius 2 is 0.225 bits per heavy atom. The van der Waals surface area contributed by atoms with Gasteiger partial charge in [0.15, 0.2) is 17.5 Å². The molecular weight excluding hydrogens is 1460 g/mol. The molecular formula is C111H73N9. The summed E-state index contributed by atoms with van der Waals surface area (Å²) in [5.41, 5.74) is 31.9. The van der Waals surface area contributed by atoms with E-state index in [9.17, 15) is 0 Å². The third kappa shape index (κ3) is 15.8. The summed E-state index contributed by atoms with van der Waals surface area (Å²) in [7, 11) is 0. The molecule has 0 aliphatic carbocycles. The van der Waals surface area contributed by atoms with Crippen molar-refractivity contribution in [3.05, 3.63) is 443 Å². The quantitative estimate of drug-likeness (QED) is 0.0780. The van der Waals surface area contributed by atoms with Crippen molar-refractivity contribution in [1.82, 2.24) is 44.9 Å². The number of hydrogen-bond donors (Lipinski definition) is 0. The smallest absolute Gasteiger partial charge is 0.160 e. The van der Waals surface area contributed by atoms with Gasteiger partial charge in [0.2, 0.25) is 0 Å². The van der Waals surface area contributed by atoms with Crippen LogP contribution in [0.2, 0.25) is 0 Å². The number of aromatic nitrogens is 9. The summed E-state index contributed by atoms with van der Waals surface area (Å²) in [4.78, 5) is 49.0. The molecule has 0 bridgehead atoms. The summed E-state index contributed by atoms with van der Waals surface area (Å²) in [6.07, 6.45) is 0. The highest BCUT2D eigenvalue weighted by Gasteiger charge is 2.22. The fraction of sp³-hybridized carbons (Fsp3) is 0. The molecule has 0 saturated heterocycles. The van der Waals surface area contributed by atoms with Crippen molar-refractivity contribution in [2.75, 3.05) is 0 Å². The van der Waals surface area contributed by atoms with Crippen molar-refractivity contribution in [2.45, 2.75) is 0 Å². The van der Waals surface area contributed by atoms with Crippen LogP contribution in [0.1, 0.15) is 0 Å². The zero-order chi connectivity index (χ0) is 79.9. The SMILES string of the molecule is c1ccc(-c2cc(-c3ccccc3)nc(-c3cc(-c4cc(-c5ccc(-c6ccc(-c7cc(-c8ccccc8)nc(-c8cc(-c9cc(-c%10ccccc%10)cc(-c%10ccccc%10)n9)cc(-c9nc(-c%10ccccc%10)cc(-c%10ccccc%10)n9)c8)n7)cc6)cc5)cc(-c5ccccc5)n4)cc(-c4cc(-c5ccccc5)nc(-c5ccccc5)n4)c3)c2)cc1. The molecule has 9 heteroatoms. The lowest BCUT2D eigenvalue weighted by Gasteiger charge is -2.16. The Hall–Kier alpha value is -16.2. The maximum atomic E-state index is 5.59. The van der Waals surface area contributed by atoms with E-state index in [1.807, 2.05) is 115 Å². The van der Waals surface area contributed by atoms with Crippen molar-refractivity contribution in [1.29, 1.82) is 0 Å². The fourth-order valence-corrected chi connectivity index (χ4v) is 15.5. The third-order valence-corrected chi connectivity index (χ3v) is 21.7. The molecule has 20 aromatic rings. The van der Waals surface area contributed by atoms with Crippen LogP contribution in [0.3, 0.4) is 0 Å². The van der Waals surface area contributed by atoms with Gasteiger partial charge in [-0.05, 0) is 136 Å². The maximum absolute atomic E-state index is 5.59. The molecule has 0 aliphatic rings. The summed E-state index contributed by atoms with van der Waals surface area (Å²) in [6, 6.07) is 154. The minimum absolute atomic E-state index is 0.533. The van der Waals surface area contributed by atoms with Crippen LogP contribution in [0.15, 0.2) is 443 Å². The minimum atomic E-state index is 0.533. The first-order valence-corrected chi connectivity index (χ1v) is 40.2. The molecule has 0 fully saturated rings. The van der Waals surface area contributed by atoms with E-state index in [0.717, 1.165) is 196 Å². The van der Waals surface area contributed by atoms with Crippen LogP contribution in [0.5, 0.6) is 0 Å². The Kier molecular flexibility index (Phi) is 20.0. The van der Waals surface area contributed by atoms with E-state index >= 15 is 0 Å². The summed E-state index contributed by atoms with van der Waals surface area (Å²) < 4.78 is 0. The molecule has 562 valence electrons. The topological polar surface area (TPSA) is 116 Å². The number of rotatable bonds is 19. The van der Waals surface area contributed by atoms with Crippen molar-refractivity contribution in [3.63, 3.8) is 0 Å². The Balaban J connectivity index is 0.695. The highest BCUT2D eigenvalue weighted by molar-refractivity contribution is 5.89. The fourth-order valence-electron chi connectivity index (χ4n) is 15.5. The molecule has 0 spiro atoms. The van der Waals surface area contributed by atoms with Gasteiger partial charge in [0, 0.05) is 83.5 Å². The normalized spacial score (nSPS) is 11.2. The van der Waals surface area contributed by atoms with Gasteiger partial charge >= 0.3 is 0 Å². The summed E-state index contributed by atoms with van der Waals surface area (Å²) in [5.74, 6) is 1.71. The molecule has 0 atom stereocenters. The monoisotopic (exact) mass is 1530 g/mol. The first kappa shape index (κ1) is 72.7. The molecule has 0 aliphatic heterocycles. The molecule has 20 rings (SSSR count). The number of benzene rings is 14. The molecule has 0 amide bonds. The lowest BCUT2D eigenvalue weighted by Crippen LogP contribution is -1.99. The van der Waals surface area contributed by atoms with E-state index in [4.69, 9.17) is 44.9 Å². The molecule has 9 nitrogen and oxygen atoms in total. The lowest BCUT2D eigenvalue weighted by atomic mass is 9.94. The van der Waals surface area contributed by atoms with Gasteiger partial charge in [0.1, 0.15) is 0 Å². The van der Waals surface area contributed by atoms with Crippen molar-refractivity contribution >= 4 is 0 Å². The second-order valence-corrected chi connectivity index (χ2v) is 29.7. The molecule has 6 heterocycles. The van der Waals surface area contributed by atoms with Gasteiger partial charge < -0.3 is 0 Å². The number of nitrogens with zero attached hydrogens (tertiary/aromatic N) is 9.